The molecule has 0 saturated carbocycles. The lowest BCUT2D eigenvalue weighted by molar-refractivity contribution is 0.472. The van der Waals surface area contributed by atoms with E-state index in [0.717, 1.165) is 0 Å². The zero-order valence-electron chi connectivity index (χ0n) is 8.51. The number of sulfonamides is 1. The molecule has 1 saturated heterocycles. The van der Waals surface area contributed by atoms with Gasteiger partial charge in [-0.25, -0.2) is 8.42 Å². The number of nitrogens with zero attached hydrogens (tertiary/aromatic N) is 2. The lowest BCUT2D eigenvalue weighted by Gasteiger charge is -2.15. The first kappa shape index (κ1) is 12.0. The van der Waals surface area contributed by atoms with Crippen molar-refractivity contribution in [3.8, 4) is 0 Å². The molecule has 1 fully saturated rings. The molecular weight excluding hydrogens is 294 g/mol. The Morgan fingerprint density at radius 3 is 2.81 bits per heavy atom. The SMILES string of the molecule is NC1CCN(S(=O)(=O)c2cncc(Br)c2)C1. The van der Waals surface area contributed by atoms with Gasteiger partial charge in [0, 0.05) is 36.0 Å². The zero-order chi connectivity index (χ0) is 11.8. The van der Waals surface area contributed by atoms with E-state index >= 15 is 0 Å². The minimum Gasteiger partial charge on any atom is -0.326 e. The summed E-state index contributed by atoms with van der Waals surface area (Å²) < 4.78 is 26.3. The summed E-state index contributed by atoms with van der Waals surface area (Å²) in [5.74, 6) is 0. The smallest absolute Gasteiger partial charge is 0.244 e. The quantitative estimate of drug-likeness (QED) is 0.866. The highest BCUT2D eigenvalue weighted by atomic mass is 79.9. The van der Waals surface area contributed by atoms with E-state index in [1.54, 1.807) is 12.3 Å². The second kappa shape index (κ2) is 4.40. The fourth-order valence-corrected chi connectivity index (χ4v) is 3.67. The van der Waals surface area contributed by atoms with Crippen molar-refractivity contribution in [1.82, 2.24) is 9.29 Å². The highest BCUT2D eigenvalue weighted by molar-refractivity contribution is 9.10. The molecule has 5 nitrogen and oxygen atoms in total. The molecule has 0 spiro atoms. The van der Waals surface area contributed by atoms with Crippen molar-refractivity contribution in [2.24, 2.45) is 5.73 Å². The molecule has 1 aromatic heterocycles. The van der Waals surface area contributed by atoms with Gasteiger partial charge in [-0.05, 0) is 28.4 Å². The first-order valence-electron chi connectivity index (χ1n) is 4.86. The highest BCUT2D eigenvalue weighted by Crippen LogP contribution is 2.21. The molecule has 0 amide bonds. The molecule has 0 aliphatic carbocycles. The van der Waals surface area contributed by atoms with Crippen LogP contribution in [0.3, 0.4) is 0 Å². The van der Waals surface area contributed by atoms with E-state index in [1.807, 2.05) is 0 Å². The zero-order valence-corrected chi connectivity index (χ0v) is 10.9. The first-order valence-corrected chi connectivity index (χ1v) is 7.10. The molecule has 0 aromatic carbocycles. The second-order valence-corrected chi connectivity index (χ2v) is 6.60. The van der Waals surface area contributed by atoms with Crippen LogP contribution in [0.25, 0.3) is 0 Å². The largest absolute Gasteiger partial charge is 0.326 e. The number of pyridine rings is 1. The van der Waals surface area contributed by atoms with Crippen molar-refractivity contribution in [1.29, 1.82) is 0 Å². The maximum atomic E-state index is 12.1. The molecule has 1 unspecified atom stereocenters. The van der Waals surface area contributed by atoms with Crippen LogP contribution >= 0.6 is 15.9 Å². The number of aromatic nitrogens is 1. The molecular formula is C9H12BrN3O2S. The van der Waals surface area contributed by atoms with Crippen molar-refractivity contribution < 1.29 is 8.42 Å². The van der Waals surface area contributed by atoms with Crippen molar-refractivity contribution in [2.45, 2.75) is 17.4 Å². The van der Waals surface area contributed by atoms with E-state index < -0.39 is 10.0 Å². The average molecular weight is 306 g/mol. The van der Waals surface area contributed by atoms with Crippen LogP contribution in [0.5, 0.6) is 0 Å². The number of hydrogen-bond donors (Lipinski definition) is 1. The van der Waals surface area contributed by atoms with E-state index in [9.17, 15) is 8.42 Å². The van der Waals surface area contributed by atoms with E-state index in [4.69, 9.17) is 5.73 Å². The van der Waals surface area contributed by atoms with Gasteiger partial charge in [0.25, 0.3) is 0 Å². The van der Waals surface area contributed by atoms with Gasteiger partial charge in [0.2, 0.25) is 10.0 Å². The Kier molecular flexibility index (Phi) is 3.29. The molecule has 1 aliphatic rings. The Morgan fingerprint density at radius 1 is 1.50 bits per heavy atom. The molecule has 88 valence electrons. The predicted molar refractivity (Wildman–Crippen MR) is 63.3 cm³/mol. The van der Waals surface area contributed by atoms with Crippen molar-refractivity contribution in [2.75, 3.05) is 13.1 Å². The number of halogens is 1. The van der Waals surface area contributed by atoms with Crippen LogP contribution in [0, 0.1) is 0 Å². The van der Waals surface area contributed by atoms with Crippen LogP contribution in [-0.4, -0.2) is 36.8 Å². The van der Waals surface area contributed by atoms with Crippen LogP contribution in [0.15, 0.2) is 27.8 Å². The summed E-state index contributed by atoms with van der Waals surface area (Å²) in [5, 5.41) is 0. The van der Waals surface area contributed by atoms with Crippen LogP contribution in [0.1, 0.15) is 6.42 Å². The van der Waals surface area contributed by atoms with Gasteiger partial charge in [-0.2, -0.15) is 4.31 Å². The third-order valence-electron chi connectivity index (χ3n) is 2.51. The topological polar surface area (TPSA) is 76.3 Å². The fourth-order valence-electron chi connectivity index (χ4n) is 1.65. The summed E-state index contributed by atoms with van der Waals surface area (Å²) >= 11 is 3.20. The monoisotopic (exact) mass is 305 g/mol. The van der Waals surface area contributed by atoms with E-state index in [2.05, 4.69) is 20.9 Å². The standard InChI is InChI=1S/C9H12BrN3O2S/c10-7-3-9(5-12-4-7)16(14,15)13-2-1-8(11)6-13/h3-5,8H,1-2,6,11H2. The lowest BCUT2D eigenvalue weighted by Crippen LogP contribution is -2.32. The van der Waals surface area contributed by atoms with Gasteiger partial charge in [-0.1, -0.05) is 0 Å². The molecule has 7 heteroatoms. The van der Waals surface area contributed by atoms with Crippen molar-refractivity contribution >= 4 is 26.0 Å². The van der Waals surface area contributed by atoms with Gasteiger partial charge in [0.15, 0.2) is 0 Å². The maximum absolute atomic E-state index is 12.1. The predicted octanol–water partition coefficient (Wildman–Crippen LogP) is 0.566. The summed E-state index contributed by atoms with van der Waals surface area (Å²) in [6, 6.07) is 1.49. The fraction of sp³-hybridized carbons (Fsp3) is 0.444. The molecule has 1 aromatic rings. The highest BCUT2D eigenvalue weighted by Gasteiger charge is 2.31. The lowest BCUT2D eigenvalue weighted by atomic mass is 10.3. The summed E-state index contributed by atoms with van der Waals surface area (Å²) in [6.45, 7) is 0.866. The number of hydrogen-bond acceptors (Lipinski definition) is 4. The Labute approximate surface area is 103 Å². The van der Waals surface area contributed by atoms with Crippen LogP contribution < -0.4 is 5.73 Å². The molecule has 1 aliphatic heterocycles. The maximum Gasteiger partial charge on any atom is 0.244 e. The minimum absolute atomic E-state index is 0.0603. The van der Waals surface area contributed by atoms with Crippen molar-refractivity contribution in [3.63, 3.8) is 0 Å². The molecule has 2 N–H and O–H groups in total. The third kappa shape index (κ3) is 2.27. The van der Waals surface area contributed by atoms with Crippen LogP contribution in [0.4, 0.5) is 0 Å². The third-order valence-corrected chi connectivity index (χ3v) is 4.77. The van der Waals surface area contributed by atoms with Gasteiger partial charge >= 0.3 is 0 Å². The van der Waals surface area contributed by atoms with E-state index in [0.29, 0.717) is 24.0 Å². The number of rotatable bonds is 2. The molecule has 0 bridgehead atoms. The van der Waals surface area contributed by atoms with Gasteiger partial charge in [0.1, 0.15) is 4.90 Å². The number of nitrogens with two attached hydrogens (primary N) is 1. The van der Waals surface area contributed by atoms with Gasteiger partial charge < -0.3 is 5.73 Å². The van der Waals surface area contributed by atoms with Gasteiger partial charge in [-0.15, -0.1) is 0 Å². The molecule has 2 rings (SSSR count). The normalized spacial score (nSPS) is 22.5. The minimum atomic E-state index is -3.43. The summed E-state index contributed by atoms with van der Waals surface area (Å²) in [5.41, 5.74) is 5.70. The van der Waals surface area contributed by atoms with Crippen molar-refractivity contribution in [3.05, 3.63) is 22.9 Å². The second-order valence-electron chi connectivity index (χ2n) is 3.75. The summed E-state index contributed by atoms with van der Waals surface area (Å²) in [7, 11) is -3.43. The molecule has 16 heavy (non-hydrogen) atoms. The summed E-state index contributed by atoms with van der Waals surface area (Å²) in [4.78, 5) is 4.06. The Bertz CT molecular complexity index is 491. The van der Waals surface area contributed by atoms with Crippen LogP contribution in [0.2, 0.25) is 0 Å². The Balaban J connectivity index is 2.32. The molecule has 2 heterocycles. The molecule has 1 atom stereocenters. The molecule has 0 radical (unpaired) electrons. The van der Waals surface area contributed by atoms with Gasteiger partial charge in [-0.3, -0.25) is 4.98 Å². The van der Waals surface area contributed by atoms with E-state index in [1.165, 1.54) is 10.5 Å². The van der Waals surface area contributed by atoms with Crippen LogP contribution in [-0.2, 0) is 10.0 Å². The summed E-state index contributed by atoms with van der Waals surface area (Å²) in [6.07, 6.45) is 3.61. The first-order chi connectivity index (χ1) is 7.50. The average Bonchev–Trinajstić information content (AvgIpc) is 2.65. The van der Waals surface area contributed by atoms with E-state index in [-0.39, 0.29) is 10.9 Å². The van der Waals surface area contributed by atoms with Gasteiger partial charge in [0.05, 0.1) is 0 Å². The Morgan fingerprint density at radius 2 is 2.25 bits per heavy atom. The Hall–Kier alpha value is -0.500.